The van der Waals surface area contributed by atoms with Gasteiger partial charge < -0.3 is 9.84 Å². The second-order valence-electron chi connectivity index (χ2n) is 3.73. The standard InChI is InChI=1S/C13H10ClNO3/c1-8-2-3-9(13(16)17)4-12(8)18-11-5-10(14)6-15-7-11/h2-7H,1H3,(H,16,17). The third kappa shape index (κ3) is 2.78. The Morgan fingerprint density at radius 3 is 2.78 bits per heavy atom. The van der Waals surface area contributed by atoms with Gasteiger partial charge >= 0.3 is 5.97 Å². The maximum atomic E-state index is 10.9. The van der Waals surface area contributed by atoms with Gasteiger partial charge in [-0.15, -0.1) is 0 Å². The van der Waals surface area contributed by atoms with Gasteiger partial charge in [0.05, 0.1) is 16.8 Å². The molecule has 0 saturated heterocycles. The molecule has 0 unspecified atom stereocenters. The summed E-state index contributed by atoms with van der Waals surface area (Å²) in [6, 6.07) is 6.30. The fourth-order valence-electron chi connectivity index (χ4n) is 1.42. The Bertz CT molecular complexity index is 599. The first-order valence-electron chi connectivity index (χ1n) is 5.18. The summed E-state index contributed by atoms with van der Waals surface area (Å²) in [6.07, 6.45) is 3.01. The Hall–Kier alpha value is -2.07. The van der Waals surface area contributed by atoms with Gasteiger partial charge in [-0.05, 0) is 24.6 Å². The maximum absolute atomic E-state index is 10.9. The normalized spacial score (nSPS) is 10.1. The van der Waals surface area contributed by atoms with E-state index in [-0.39, 0.29) is 5.56 Å². The monoisotopic (exact) mass is 263 g/mol. The van der Waals surface area contributed by atoms with Gasteiger partial charge in [-0.25, -0.2) is 4.79 Å². The lowest BCUT2D eigenvalue weighted by atomic mass is 10.1. The minimum Gasteiger partial charge on any atom is -0.478 e. The zero-order chi connectivity index (χ0) is 13.1. The van der Waals surface area contributed by atoms with E-state index < -0.39 is 5.97 Å². The lowest BCUT2D eigenvalue weighted by Gasteiger charge is -2.09. The number of carboxylic acids is 1. The molecule has 0 spiro atoms. The lowest BCUT2D eigenvalue weighted by molar-refractivity contribution is 0.0696. The molecule has 1 heterocycles. The van der Waals surface area contributed by atoms with E-state index in [1.165, 1.54) is 24.5 Å². The van der Waals surface area contributed by atoms with E-state index in [0.717, 1.165) is 5.56 Å². The average Bonchev–Trinajstić information content (AvgIpc) is 2.31. The van der Waals surface area contributed by atoms with E-state index in [9.17, 15) is 4.79 Å². The highest BCUT2D eigenvalue weighted by atomic mass is 35.5. The van der Waals surface area contributed by atoms with Crippen molar-refractivity contribution in [1.29, 1.82) is 0 Å². The fraction of sp³-hybridized carbons (Fsp3) is 0.0769. The van der Waals surface area contributed by atoms with Crippen molar-refractivity contribution in [1.82, 2.24) is 4.98 Å². The number of ether oxygens (including phenoxy) is 1. The number of rotatable bonds is 3. The third-order valence-electron chi connectivity index (χ3n) is 2.34. The molecule has 0 aliphatic rings. The Morgan fingerprint density at radius 1 is 1.33 bits per heavy atom. The molecule has 1 aromatic heterocycles. The fourth-order valence-corrected chi connectivity index (χ4v) is 1.58. The van der Waals surface area contributed by atoms with Crippen molar-refractivity contribution >= 4 is 17.6 Å². The van der Waals surface area contributed by atoms with Crippen LogP contribution in [0.1, 0.15) is 15.9 Å². The van der Waals surface area contributed by atoms with Crippen LogP contribution in [0, 0.1) is 6.92 Å². The summed E-state index contributed by atoms with van der Waals surface area (Å²) in [5.74, 6) is -0.0591. The molecular formula is C13H10ClNO3. The first kappa shape index (κ1) is 12.4. The number of carbonyl (C=O) groups is 1. The van der Waals surface area contributed by atoms with Crippen LogP contribution < -0.4 is 4.74 Å². The summed E-state index contributed by atoms with van der Waals surface area (Å²) in [7, 11) is 0. The number of hydrogen-bond acceptors (Lipinski definition) is 3. The number of halogens is 1. The summed E-state index contributed by atoms with van der Waals surface area (Å²) in [5, 5.41) is 9.38. The van der Waals surface area contributed by atoms with Crippen LogP contribution in [0.5, 0.6) is 11.5 Å². The third-order valence-corrected chi connectivity index (χ3v) is 2.55. The molecule has 0 atom stereocenters. The van der Waals surface area contributed by atoms with Gasteiger partial charge in [0.2, 0.25) is 0 Å². The Labute approximate surface area is 109 Å². The molecule has 0 radical (unpaired) electrons. The molecule has 0 aliphatic carbocycles. The van der Waals surface area contributed by atoms with Gasteiger partial charge in [0, 0.05) is 12.3 Å². The highest BCUT2D eigenvalue weighted by Crippen LogP contribution is 2.27. The zero-order valence-corrected chi connectivity index (χ0v) is 10.3. The Kier molecular flexibility index (Phi) is 3.48. The molecule has 0 saturated carbocycles. The SMILES string of the molecule is Cc1ccc(C(=O)O)cc1Oc1cncc(Cl)c1. The highest BCUT2D eigenvalue weighted by Gasteiger charge is 2.08. The van der Waals surface area contributed by atoms with Gasteiger partial charge in [-0.1, -0.05) is 17.7 Å². The van der Waals surface area contributed by atoms with E-state index in [4.69, 9.17) is 21.4 Å². The van der Waals surface area contributed by atoms with Crippen molar-refractivity contribution in [2.24, 2.45) is 0 Å². The molecular weight excluding hydrogens is 254 g/mol. The van der Waals surface area contributed by atoms with Crippen molar-refractivity contribution in [2.45, 2.75) is 6.92 Å². The molecule has 2 aromatic rings. The summed E-state index contributed by atoms with van der Waals surface area (Å²) in [5.41, 5.74) is 1.01. The smallest absolute Gasteiger partial charge is 0.335 e. The van der Waals surface area contributed by atoms with Crippen LogP contribution in [0.4, 0.5) is 0 Å². The molecule has 18 heavy (non-hydrogen) atoms. The van der Waals surface area contributed by atoms with Crippen LogP contribution in [0.3, 0.4) is 0 Å². The number of pyridine rings is 1. The second kappa shape index (κ2) is 5.06. The summed E-state index contributed by atoms with van der Waals surface area (Å²) in [4.78, 5) is 14.8. The van der Waals surface area contributed by atoms with Crippen LogP contribution in [-0.2, 0) is 0 Å². The predicted molar refractivity (Wildman–Crippen MR) is 67.5 cm³/mol. The number of aryl methyl sites for hydroxylation is 1. The number of nitrogens with zero attached hydrogens (tertiary/aromatic N) is 1. The molecule has 0 aliphatic heterocycles. The van der Waals surface area contributed by atoms with Crippen LogP contribution in [-0.4, -0.2) is 16.1 Å². The highest BCUT2D eigenvalue weighted by molar-refractivity contribution is 6.30. The summed E-state index contributed by atoms with van der Waals surface area (Å²) >= 11 is 5.80. The lowest BCUT2D eigenvalue weighted by Crippen LogP contribution is -1.97. The van der Waals surface area contributed by atoms with Gasteiger partial charge in [0.25, 0.3) is 0 Å². The Balaban J connectivity index is 2.33. The van der Waals surface area contributed by atoms with Gasteiger partial charge in [0.1, 0.15) is 11.5 Å². The van der Waals surface area contributed by atoms with Gasteiger partial charge in [-0.3, -0.25) is 4.98 Å². The first-order valence-corrected chi connectivity index (χ1v) is 5.56. The zero-order valence-electron chi connectivity index (χ0n) is 9.55. The van der Waals surface area contributed by atoms with Crippen LogP contribution in [0.15, 0.2) is 36.7 Å². The molecule has 0 bridgehead atoms. The Morgan fingerprint density at radius 2 is 2.11 bits per heavy atom. The number of carboxylic acid groups (broad SMARTS) is 1. The van der Waals surface area contributed by atoms with Gasteiger partial charge in [0.15, 0.2) is 0 Å². The van der Waals surface area contributed by atoms with E-state index in [0.29, 0.717) is 16.5 Å². The van der Waals surface area contributed by atoms with Crippen molar-refractivity contribution in [3.8, 4) is 11.5 Å². The largest absolute Gasteiger partial charge is 0.478 e. The number of aromatic carboxylic acids is 1. The maximum Gasteiger partial charge on any atom is 0.335 e. The van der Waals surface area contributed by atoms with E-state index in [1.807, 2.05) is 6.92 Å². The minimum atomic E-state index is -0.996. The molecule has 92 valence electrons. The van der Waals surface area contributed by atoms with Gasteiger partial charge in [-0.2, -0.15) is 0 Å². The molecule has 5 heteroatoms. The molecule has 2 rings (SSSR count). The van der Waals surface area contributed by atoms with Crippen molar-refractivity contribution in [2.75, 3.05) is 0 Å². The van der Waals surface area contributed by atoms with Crippen LogP contribution in [0.2, 0.25) is 5.02 Å². The van der Waals surface area contributed by atoms with Crippen LogP contribution >= 0.6 is 11.6 Å². The first-order chi connectivity index (χ1) is 8.56. The number of hydrogen-bond donors (Lipinski definition) is 1. The summed E-state index contributed by atoms with van der Waals surface area (Å²) in [6.45, 7) is 1.83. The minimum absolute atomic E-state index is 0.172. The van der Waals surface area contributed by atoms with E-state index >= 15 is 0 Å². The van der Waals surface area contributed by atoms with E-state index in [2.05, 4.69) is 4.98 Å². The molecule has 0 amide bonds. The predicted octanol–water partition coefficient (Wildman–Crippen LogP) is 3.53. The molecule has 1 N–H and O–H groups in total. The topological polar surface area (TPSA) is 59.4 Å². The van der Waals surface area contributed by atoms with Crippen molar-refractivity contribution in [3.63, 3.8) is 0 Å². The van der Waals surface area contributed by atoms with Crippen molar-refractivity contribution < 1.29 is 14.6 Å². The number of aromatic nitrogens is 1. The average molecular weight is 264 g/mol. The second-order valence-corrected chi connectivity index (χ2v) is 4.16. The van der Waals surface area contributed by atoms with Crippen molar-refractivity contribution in [3.05, 3.63) is 52.8 Å². The molecule has 4 nitrogen and oxygen atoms in total. The molecule has 0 fully saturated rings. The quantitative estimate of drug-likeness (QED) is 0.920. The number of benzene rings is 1. The summed E-state index contributed by atoms with van der Waals surface area (Å²) < 4.78 is 5.57. The molecule has 1 aromatic carbocycles. The van der Waals surface area contributed by atoms with Crippen LogP contribution in [0.25, 0.3) is 0 Å². The van der Waals surface area contributed by atoms with E-state index in [1.54, 1.807) is 12.1 Å².